The van der Waals surface area contributed by atoms with E-state index in [2.05, 4.69) is 484 Å². The van der Waals surface area contributed by atoms with E-state index in [0.717, 1.165) is 19.4 Å². The highest BCUT2D eigenvalue weighted by Crippen LogP contribution is 2.26. The molecule has 0 aromatic heterocycles. The molecular formula is C111H107N3O6. The highest BCUT2D eigenvalue weighted by atomic mass is 16.2. The molecule has 3 N–H and O–H groups in total. The summed E-state index contributed by atoms with van der Waals surface area (Å²) in [7, 11) is 0. The van der Waals surface area contributed by atoms with E-state index in [9.17, 15) is 28.8 Å². The highest BCUT2D eigenvalue weighted by Gasteiger charge is 2.22. The number of hydrogen-bond acceptors (Lipinski definition) is 6. The summed E-state index contributed by atoms with van der Waals surface area (Å²) >= 11 is 0. The van der Waals surface area contributed by atoms with Crippen LogP contribution in [0, 0.1) is 387 Å². The molecule has 0 unspecified atom stereocenters. The first-order valence-electron chi connectivity index (χ1n) is 37.8. The summed E-state index contributed by atoms with van der Waals surface area (Å²) in [6, 6.07) is 0. The smallest absolute Gasteiger partial charge is 0.220 e. The Kier molecular flexibility index (Phi) is 66.3. The number of nitrogens with one attached hydrogen (secondary N) is 3. The van der Waals surface area contributed by atoms with Crippen molar-refractivity contribution in [1.29, 1.82) is 0 Å². The van der Waals surface area contributed by atoms with Gasteiger partial charge in [0, 0.05) is 314 Å². The van der Waals surface area contributed by atoms with Crippen LogP contribution in [0.25, 0.3) is 0 Å². The van der Waals surface area contributed by atoms with Gasteiger partial charge in [0.05, 0.1) is 0 Å². The lowest BCUT2D eigenvalue weighted by atomic mass is 9.85. The van der Waals surface area contributed by atoms with Gasteiger partial charge < -0.3 is 16.0 Å². The quantitative estimate of drug-likeness (QED) is 0.140. The second-order valence-corrected chi connectivity index (χ2v) is 34.1. The van der Waals surface area contributed by atoms with Crippen LogP contribution >= 0.6 is 0 Å². The number of ketones is 3. The van der Waals surface area contributed by atoms with Crippen molar-refractivity contribution >= 4 is 35.1 Å². The minimum Gasteiger partial charge on any atom is -0.356 e. The van der Waals surface area contributed by atoms with Crippen LogP contribution in [0.4, 0.5) is 0 Å². The minimum absolute atomic E-state index is 0.0129. The van der Waals surface area contributed by atoms with Gasteiger partial charge in [-0.3, -0.25) is 28.8 Å². The van der Waals surface area contributed by atoms with Gasteiger partial charge in [0.1, 0.15) is 17.3 Å². The Morgan fingerprint density at radius 1 is 0.167 bits per heavy atom. The Bertz CT molecular complexity index is 5320. The van der Waals surface area contributed by atoms with Crippen molar-refractivity contribution in [2.75, 3.05) is 19.6 Å². The van der Waals surface area contributed by atoms with Crippen molar-refractivity contribution in [3.05, 3.63) is 0 Å². The lowest BCUT2D eigenvalue weighted by Gasteiger charge is -2.21. The van der Waals surface area contributed by atoms with Crippen molar-refractivity contribution in [1.82, 2.24) is 16.0 Å². The lowest BCUT2D eigenvalue weighted by molar-refractivity contribution is -0.126. The van der Waals surface area contributed by atoms with E-state index >= 15 is 0 Å². The molecule has 0 bridgehead atoms. The van der Waals surface area contributed by atoms with E-state index in [1.807, 2.05) is 41.5 Å². The van der Waals surface area contributed by atoms with Crippen molar-refractivity contribution < 1.29 is 28.8 Å². The molecule has 0 aliphatic heterocycles. The molecule has 9 heteroatoms. The van der Waals surface area contributed by atoms with Crippen LogP contribution < -0.4 is 16.0 Å². The molecule has 0 spiro atoms. The van der Waals surface area contributed by atoms with Crippen LogP contribution in [0.3, 0.4) is 0 Å². The molecule has 0 aromatic rings. The molecule has 120 heavy (non-hydrogen) atoms. The van der Waals surface area contributed by atoms with Gasteiger partial charge in [-0.15, -0.1) is 0 Å². The number of amides is 3. The zero-order chi connectivity index (χ0) is 91.8. The fourth-order valence-electron chi connectivity index (χ4n) is 6.68. The molecule has 0 aliphatic rings. The molecule has 0 saturated carbocycles. The van der Waals surface area contributed by atoms with Gasteiger partial charge >= 0.3 is 0 Å². The van der Waals surface area contributed by atoms with Gasteiger partial charge in [0.15, 0.2) is 0 Å². The predicted octanol–water partition coefficient (Wildman–Crippen LogP) is 13.4. The van der Waals surface area contributed by atoms with E-state index in [4.69, 9.17) is 0 Å². The Morgan fingerprint density at radius 2 is 0.308 bits per heavy atom. The molecule has 0 heterocycles. The maximum atomic E-state index is 11.6. The molecule has 9 nitrogen and oxygen atoms in total. The maximum Gasteiger partial charge on any atom is 0.220 e. The van der Waals surface area contributed by atoms with Gasteiger partial charge in [0.25, 0.3) is 0 Å². The summed E-state index contributed by atoms with van der Waals surface area (Å²) in [5.74, 6) is 146. The Labute approximate surface area is 726 Å². The van der Waals surface area contributed by atoms with E-state index in [1.54, 1.807) is 13.8 Å². The second-order valence-electron chi connectivity index (χ2n) is 34.1. The molecule has 0 aliphatic carbocycles. The fraction of sp³-hybridized carbons (Fsp3) is 0.423. The Hall–Kier alpha value is -15.3. The SMILES string of the molecule is CC#CC#CC#CC#CC#CC#CC#CC#CC#CC#CC#CC#CC#CC#CC#CC#CC#CC#CC#CC#CC#CC#CC#CC#CC#CC#CC#CC#CC#CC.CC(C)(C)CCC(=O)CC(C)(C)C.CC(C)(C)CNC(=O)CC(C)(C)C.CC(C)(C)CNC(=O)CCC(=O)CC(C)(C)C.CC(C)(C)CNC(=O)CCC(=O)CC(C)(C)C. The van der Waals surface area contributed by atoms with Gasteiger partial charge in [-0.05, 0) is 158 Å². The van der Waals surface area contributed by atoms with Crippen LogP contribution in [-0.4, -0.2) is 54.7 Å². The molecule has 0 radical (unpaired) electrons. The van der Waals surface area contributed by atoms with Crippen LogP contribution in [0.1, 0.15) is 244 Å². The summed E-state index contributed by atoms with van der Waals surface area (Å²) in [5.41, 5.74) is 0.895. The fourth-order valence-corrected chi connectivity index (χ4v) is 6.68. The van der Waals surface area contributed by atoms with Gasteiger partial charge in [-0.2, -0.15) is 0 Å². The van der Waals surface area contributed by atoms with Crippen molar-refractivity contribution in [3.8, 4) is 343 Å². The molecule has 0 fully saturated rings. The van der Waals surface area contributed by atoms with E-state index in [0.29, 0.717) is 70.2 Å². The largest absolute Gasteiger partial charge is 0.356 e. The normalized spacial score (nSPS) is 8.28. The first-order valence-corrected chi connectivity index (χ1v) is 37.8. The number of Topliss-reactive ketones (excluding diaryl/α,β-unsaturated/α-hetero) is 3. The first-order chi connectivity index (χ1) is 56.1. The molecule has 0 aromatic carbocycles. The number of rotatable bonds is 15. The van der Waals surface area contributed by atoms with Gasteiger partial charge in [-0.1, -0.05) is 178 Å². The van der Waals surface area contributed by atoms with Crippen molar-refractivity contribution in [3.63, 3.8) is 0 Å². The molecule has 0 saturated heterocycles. The third kappa shape index (κ3) is 116. The molecule has 0 atom stereocenters. The van der Waals surface area contributed by atoms with E-state index in [1.165, 1.54) is 0 Å². The molecule has 0 rings (SSSR count). The molecule has 602 valence electrons. The maximum absolute atomic E-state index is 11.6. The van der Waals surface area contributed by atoms with E-state index < -0.39 is 0 Å². The lowest BCUT2D eigenvalue weighted by Crippen LogP contribution is -2.34. The second kappa shape index (κ2) is 70.3. The van der Waals surface area contributed by atoms with Crippen LogP contribution in [0.15, 0.2) is 0 Å². The zero-order valence-corrected chi connectivity index (χ0v) is 75.1. The summed E-state index contributed by atoms with van der Waals surface area (Å²) < 4.78 is 0. The average molecular weight is 1580 g/mol. The van der Waals surface area contributed by atoms with Gasteiger partial charge in [0.2, 0.25) is 17.7 Å². The summed E-state index contributed by atoms with van der Waals surface area (Å²) in [4.78, 5) is 69.1. The third-order valence-electron chi connectivity index (χ3n) is 11.4. The average Bonchev–Trinajstić information content (AvgIpc) is 0.941. The minimum atomic E-state index is -0.0258. The number of carbonyl (C=O) groups excluding carboxylic acids is 6. The molecular weight excluding hydrogens is 1470 g/mol. The highest BCUT2D eigenvalue weighted by molar-refractivity contribution is 5.86. The number of carbonyl (C=O) groups is 6. The third-order valence-corrected chi connectivity index (χ3v) is 11.4. The topological polar surface area (TPSA) is 139 Å². The van der Waals surface area contributed by atoms with Gasteiger partial charge in [-0.25, -0.2) is 0 Å². The standard InChI is InChI=1S/C60H6.2C14H27NO2.C12H24O.C11H23NO/c1-3-5-7-9-11-13-15-17-19-21-23-25-27-29-31-33-35-37-39-41-43-45-47-49-51-53-55-57-59-60-58-56-54-52-50-48-46-44-42-40-38-36-34-32-30-28-26-24-22-20-18-16-14-12-10-8-6-4-2;2*1-13(2,3)9-11(16)7-8-12(17)15-10-14(4,5)6;1-11(2,3)8-7-10(13)9-12(4,5)6;1-10(2,3)7-9(13)12-8-11(4,5)6/h1-2H3;2*7-10H2,1-6H3,(H,15,17);7-9H2,1-6H3;7-8H2,1-6H3,(H,12,13). The Morgan fingerprint density at radius 3 is 0.442 bits per heavy atom. The van der Waals surface area contributed by atoms with Crippen LogP contribution in [-0.2, 0) is 28.8 Å². The zero-order valence-electron chi connectivity index (χ0n) is 75.1. The predicted molar refractivity (Wildman–Crippen MR) is 493 cm³/mol. The first kappa shape index (κ1) is 113. The molecule has 3 amide bonds. The number of hydrogen-bond donors (Lipinski definition) is 3. The summed E-state index contributed by atoms with van der Waals surface area (Å²) in [6.45, 7) is 55.5. The van der Waals surface area contributed by atoms with Crippen LogP contribution in [0.2, 0.25) is 0 Å². The van der Waals surface area contributed by atoms with E-state index in [-0.39, 0.29) is 72.6 Å². The van der Waals surface area contributed by atoms with Crippen LogP contribution in [0.5, 0.6) is 0 Å². The van der Waals surface area contributed by atoms with Crippen molar-refractivity contribution in [2.24, 2.45) is 43.3 Å². The Balaban J connectivity index is -0.000000582. The summed E-state index contributed by atoms with van der Waals surface area (Å²) in [6.07, 6.45) is 5.46. The summed E-state index contributed by atoms with van der Waals surface area (Å²) in [5, 5.41) is 8.64. The monoisotopic (exact) mass is 1580 g/mol. The van der Waals surface area contributed by atoms with Crippen molar-refractivity contribution in [2.45, 2.75) is 244 Å².